The van der Waals surface area contributed by atoms with Gasteiger partial charge in [-0.2, -0.15) is 0 Å². The van der Waals surface area contributed by atoms with E-state index in [1.165, 1.54) is 0 Å². The first-order valence-corrected chi connectivity index (χ1v) is 5.65. The number of carboxylic acids is 1. The molecule has 1 N–H and O–H groups in total. The van der Waals surface area contributed by atoms with Gasteiger partial charge in [0, 0.05) is 18.6 Å². The lowest BCUT2D eigenvalue weighted by Gasteiger charge is -2.18. The van der Waals surface area contributed by atoms with Gasteiger partial charge in [-0.3, -0.25) is 0 Å². The molecule has 16 heavy (non-hydrogen) atoms. The Hall–Kier alpha value is -0.740. The minimum absolute atomic E-state index is 0.316. The van der Waals surface area contributed by atoms with Gasteiger partial charge >= 0.3 is 11.9 Å². The fourth-order valence-electron chi connectivity index (χ4n) is 0.952. The molecular weight excluding hydrogens is 255 g/mol. The molecule has 4 nitrogen and oxygen atoms in total. The molecule has 0 aromatic carbocycles. The second-order valence-electron chi connectivity index (χ2n) is 3.19. The van der Waals surface area contributed by atoms with E-state index < -0.39 is 16.5 Å². The van der Waals surface area contributed by atoms with E-state index in [2.05, 4.69) is 4.74 Å². The van der Waals surface area contributed by atoms with Crippen molar-refractivity contribution in [2.24, 2.45) is 0 Å². The summed E-state index contributed by atoms with van der Waals surface area (Å²) >= 11 is 11.4. The average Bonchev–Trinajstić information content (AvgIpc) is 2.14. The summed E-state index contributed by atoms with van der Waals surface area (Å²) in [6, 6.07) is 0. The van der Waals surface area contributed by atoms with Crippen LogP contribution >= 0.6 is 23.2 Å². The van der Waals surface area contributed by atoms with E-state index in [0.29, 0.717) is 12.5 Å². The SMILES string of the molecule is CCCCCC(Cl)(Cl)OC(=O)C=CC(=O)O. The fourth-order valence-corrected chi connectivity index (χ4v) is 1.37. The van der Waals surface area contributed by atoms with E-state index in [9.17, 15) is 9.59 Å². The Labute approximate surface area is 104 Å². The number of esters is 1. The van der Waals surface area contributed by atoms with Crippen LogP contribution in [-0.2, 0) is 14.3 Å². The number of rotatable bonds is 7. The zero-order valence-electron chi connectivity index (χ0n) is 8.91. The zero-order valence-corrected chi connectivity index (χ0v) is 10.4. The Balaban J connectivity index is 4.04. The second kappa shape index (κ2) is 7.52. The highest BCUT2D eigenvalue weighted by Gasteiger charge is 2.27. The van der Waals surface area contributed by atoms with Crippen molar-refractivity contribution in [2.45, 2.75) is 37.1 Å². The number of unbranched alkanes of at least 4 members (excludes halogenated alkanes) is 2. The van der Waals surface area contributed by atoms with Crippen molar-refractivity contribution in [2.75, 3.05) is 0 Å². The van der Waals surface area contributed by atoms with Crippen molar-refractivity contribution >= 4 is 35.1 Å². The van der Waals surface area contributed by atoms with E-state index in [4.69, 9.17) is 28.3 Å². The molecule has 0 bridgehead atoms. The highest BCUT2D eigenvalue weighted by Crippen LogP contribution is 2.29. The standard InChI is InChI=1S/C10H14Cl2O4/c1-2-3-4-7-10(11,12)16-9(15)6-5-8(13)14/h5-6H,2-4,7H2,1H3,(H,13,14). The van der Waals surface area contributed by atoms with Crippen LogP contribution in [0.4, 0.5) is 0 Å². The van der Waals surface area contributed by atoms with Crippen LogP contribution in [0.25, 0.3) is 0 Å². The molecule has 6 heteroatoms. The number of hydrogen-bond acceptors (Lipinski definition) is 3. The van der Waals surface area contributed by atoms with Crippen LogP contribution in [-0.4, -0.2) is 21.6 Å². The van der Waals surface area contributed by atoms with E-state index in [-0.39, 0.29) is 0 Å². The smallest absolute Gasteiger partial charge is 0.333 e. The number of carboxylic acid groups (broad SMARTS) is 1. The third-order valence-corrected chi connectivity index (χ3v) is 2.22. The Bertz CT molecular complexity index is 274. The van der Waals surface area contributed by atoms with Gasteiger partial charge in [0.25, 0.3) is 4.52 Å². The first-order valence-electron chi connectivity index (χ1n) is 4.89. The Morgan fingerprint density at radius 1 is 1.31 bits per heavy atom. The Morgan fingerprint density at radius 2 is 1.94 bits per heavy atom. The van der Waals surface area contributed by atoms with Gasteiger partial charge in [-0.25, -0.2) is 9.59 Å². The second-order valence-corrected chi connectivity index (χ2v) is 4.60. The lowest BCUT2D eigenvalue weighted by Crippen LogP contribution is -2.21. The van der Waals surface area contributed by atoms with Crippen LogP contribution in [0.5, 0.6) is 0 Å². The molecule has 0 aliphatic carbocycles. The molecule has 0 amide bonds. The molecule has 0 radical (unpaired) electrons. The lowest BCUT2D eigenvalue weighted by atomic mass is 10.2. The fraction of sp³-hybridized carbons (Fsp3) is 0.600. The molecule has 0 saturated heterocycles. The summed E-state index contributed by atoms with van der Waals surface area (Å²) in [6.45, 7) is 2.02. The van der Waals surface area contributed by atoms with Gasteiger partial charge in [-0.05, 0) is 6.42 Å². The molecule has 0 unspecified atom stereocenters. The summed E-state index contributed by atoms with van der Waals surface area (Å²) in [5, 5.41) is 8.27. The Kier molecular flexibility index (Phi) is 7.17. The van der Waals surface area contributed by atoms with Crippen LogP contribution < -0.4 is 0 Å². The number of halogens is 2. The number of ether oxygens (including phenoxy) is 1. The lowest BCUT2D eigenvalue weighted by molar-refractivity contribution is -0.142. The number of hydrogen-bond donors (Lipinski definition) is 1. The van der Waals surface area contributed by atoms with Gasteiger partial charge < -0.3 is 9.84 Å². The summed E-state index contributed by atoms with van der Waals surface area (Å²) in [5.41, 5.74) is 0. The van der Waals surface area contributed by atoms with Crippen molar-refractivity contribution in [3.8, 4) is 0 Å². The molecule has 92 valence electrons. The Morgan fingerprint density at radius 3 is 2.44 bits per heavy atom. The van der Waals surface area contributed by atoms with Gasteiger partial charge in [-0.1, -0.05) is 43.0 Å². The predicted molar refractivity (Wildman–Crippen MR) is 61.4 cm³/mol. The molecule has 0 fully saturated rings. The highest BCUT2D eigenvalue weighted by molar-refractivity contribution is 6.47. The molecule has 0 spiro atoms. The van der Waals surface area contributed by atoms with Crippen LogP contribution in [0.15, 0.2) is 12.2 Å². The largest absolute Gasteiger partial charge is 0.478 e. The molecule has 0 atom stereocenters. The summed E-state index contributed by atoms with van der Waals surface area (Å²) in [7, 11) is 0. The van der Waals surface area contributed by atoms with Crippen molar-refractivity contribution in [3.05, 3.63) is 12.2 Å². The summed E-state index contributed by atoms with van der Waals surface area (Å²) in [5.74, 6) is -2.11. The number of carbonyl (C=O) groups is 2. The summed E-state index contributed by atoms with van der Waals surface area (Å²) in [6.07, 6.45) is 4.41. The molecule has 0 saturated carbocycles. The third-order valence-electron chi connectivity index (χ3n) is 1.68. The molecule has 0 aliphatic rings. The van der Waals surface area contributed by atoms with Crippen LogP contribution in [0, 0.1) is 0 Å². The monoisotopic (exact) mass is 268 g/mol. The number of carbonyl (C=O) groups excluding carboxylic acids is 1. The van der Waals surface area contributed by atoms with E-state index in [1.54, 1.807) is 0 Å². The van der Waals surface area contributed by atoms with Crippen molar-refractivity contribution in [3.63, 3.8) is 0 Å². The van der Waals surface area contributed by atoms with Gasteiger partial charge in [0.15, 0.2) is 0 Å². The number of alkyl halides is 2. The van der Waals surface area contributed by atoms with Gasteiger partial charge in [-0.15, -0.1) is 0 Å². The zero-order chi connectivity index (χ0) is 12.6. The minimum atomic E-state index is -1.59. The minimum Gasteiger partial charge on any atom is -0.478 e. The maximum absolute atomic E-state index is 11.1. The molecule has 0 aromatic rings. The summed E-state index contributed by atoms with van der Waals surface area (Å²) in [4.78, 5) is 21.2. The van der Waals surface area contributed by atoms with Crippen molar-refractivity contribution in [1.82, 2.24) is 0 Å². The summed E-state index contributed by atoms with van der Waals surface area (Å²) < 4.78 is 3.09. The molecule has 0 aliphatic heterocycles. The first-order chi connectivity index (χ1) is 7.37. The van der Waals surface area contributed by atoms with Gasteiger partial charge in [0.05, 0.1) is 0 Å². The first kappa shape index (κ1) is 15.3. The molecule has 0 heterocycles. The van der Waals surface area contributed by atoms with E-state index in [1.807, 2.05) is 6.92 Å². The van der Waals surface area contributed by atoms with Crippen molar-refractivity contribution < 1.29 is 19.4 Å². The van der Waals surface area contributed by atoms with Crippen LogP contribution in [0.1, 0.15) is 32.6 Å². The van der Waals surface area contributed by atoms with Crippen LogP contribution in [0.2, 0.25) is 0 Å². The average molecular weight is 269 g/mol. The van der Waals surface area contributed by atoms with Crippen LogP contribution in [0.3, 0.4) is 0 Å². The normalized spacial score (nSPS) is 11.7. The van der Waals surface area contributed by atoms with Crippen molar-refractivity contribution in [1.29, 1.82) is 0 Å². The maximum Gasteiger partial charge on any atom is 0.333 e. The van der Waals surface area contributed by atoms with Gasteiger partial charge in [0.2, 0.25) is 0 Å². The highest BCUT2D eigenvalue weighted by atomic mass is 35.5. The third kappa shape index (κ3) is 8.56. The predicted octanol–water partition coefficient (Wildman–Crippen LogP) is 2.88. The number of aliphatic carboxylic acids is 1. The maximum atomic E-state index is 11.1. The quantitative estimate of drug-likeness (QED) is 0.334. The van der Waals surface area contributed by atoms with E-state index in [0.717, 1.165) is 25.3 Å². The van der Waals surface area contributed by atoms with Gasteiger partial charge in [0.1, 0.15) is 0 Å². The molecule has 0 aromatic heterocycles. The molecule has 0 rings (SSSR count). The molecular formula is C10H14Cl2O4. The topological polar surface area (TPSA) is 63.6 Å². The van der Waals surface area contributed by atoms with E-state index >= 15 is 0 Å².